The van der Waals surface area contributed by atoms with E-state index >= 15 is 0 Å². The summed E-state index contributed by atoms with van der Waals surface area (Å²) in [5, 5.41) is 0. The van der Waals surface area contributed by atoms with E-state index in [2.05, 4.69) is 33.0 Å². The summed E-state index contributed by atoms with van der Waals surface area (Å²) >= 11 is 0. The fourth-order valence-corrected chi connectivity index (χ4v) is 3.16. The average molecular weight is 311 g/mol. The molecule has 0 saturated carbocycles. The number of benzene rings is 1. The van der Waals surface area contributed by atoms with Crippen LogP contribution in [0.1, 0.15) is 12.5 Å². The molecular weight excluding hydrogens is 290 g/mol. The number of fused-ring (bicyclic) bond motifs is 1. The predicted octanol–water partition coefficient (Wildman–Crippen LogP) is 2.52. The predicted molar refractivity (Wildman–Crippen MR) is 88.9 cm³/mol. The molecule has 5 nitrogen and oxygen atoms in total. The van der Waals surface area contributed by atoms with Crippen molar-refractivity contribution in [1.29, 1.82) is 0 Å². The van der Waals surface area contributed by atoms with Crippen molar-refractivity contribution in [3.63, 3.8) is 0 Å². The summed E-state index contributed by atoms with van der Waals surface area (Å²) in [5.74, 6) is 2.78. The fraction of sp³-hybridized carbons (Fsp3) is 0.389. The van der Waals surface area contributed by atoms with E-state index in [1.54, 1.807) is 0 Å². The summed E-state index contributed by atoms with van der Waals surface area (Å²) < 4.78 is 11.2. The van der Waals surface area contributed by atoms with Gasteiger partial charge in [-0.1, -0.05) is 12.1 Å². The molecule has 2 aliphatic heterocycles. The van der Waals surface area contributed by atoms with Crippen LogP contribution in [0.2, 0.25) is 0 Å². The second kappa shape index (κ2) is 6.08. The summed E-state index contributed by atoms with van der Waals surface area (Å²) in [4.78, 5) is 9.25. The quantitative estimate of drug-likeness (QED) is 0.871. The van der Waals surface area contributed by atoms with E-state index in [-0.39, 0.29) is 6.29 Å². The Morgan fingerprint density at radius 2 is 1.87 bits per heavy atom. The van der Waals surface area contributed by atoms with Crippen molar-refractivity contribution in [2.75, 3.05) is 31.1 Å². The molecule has 1 unspecified atom stereocenters. The number of anilines is 1. The van der Waals surface area contributed by atoms with Crippen molar-refractivity contribution in [2.45, 2.75) is 19.8 Å². The lowest BCUT2D eigenvalue weighted by atomic mass is 10.1. The first kappa shape index (κ1) is 14.3. The Morgan fingerprint density at radius 1 is 1.04 bits per heavy atom. The van der Waals surface area contributed by atoms with Crippen LogP contribution in [-0.2, 0) is 6.54 Å². The highest BCUT2D eigenvalue weighted by molar-refractivity contribution is 5.45. The van der Waals surface area contributed by atoms with Crippen LogP contribution in [0.15, 0.2) is 42.6 Å². The molecule has 2 aliphatic rings. The zero-order valence-electron chi connectivity index (χ0n) is 13.3. The summed E-state index contributed by atoms with van der Waals surface area (Å²) in [6, 6.07) is 12.3. The van der Waals surface area contributed by atoms with Crippen LogP contribution in [-0.4, -0.2) is 42.4 Å². The number of hydrogen-bond acceptors (Lipinski definition) is 5. The molecule has 1 aromatic carbocycles. The van der Waals surface area contributed by atoms with Crippen LogP contribution in [0.4, 0.5) is 5.82 Å². The number of rotatable bonds is 3. The van der Waals surface area contributed by atoms with Crippen molar-refractivity contribution >= 4 is 5.82 Å². The number of pyridine rings is 1. The number of ether oxygens (including phenoxy) is 2. The van der Waals surface area contributed by atoms with Crippen LogP contribution in [0.5, 0.6) is 11.5 Å². The minimum absolute atomic E-state index is 0.179. The van der Waals surface area contributed by atoms with Gasteiger partial charge in [-0.2, -0.15) is 0 Å². The normalized spacial score (nSPS) is 20.7. The van der Waals surface area contributed by atoms with Gasteiger partial charge in [-0.25, -0.2) is 4.98 Å². The van der Waals surface area contributed by atoms with E-state index < -0.39 is 0 Å². The van der Waals surface area contributed by atoms with E-state index in [1.807, 2.05) is 31.3 Å². The Bertz CT molecular complexity index is 669. The molecule has 1 aromatic heterocycles. The largest absolute Gasteiger partial charge is 0.451 e. The molecule has 120 valence electrons. The zero-order valence-corrected chi connectivity index (χ0v) is 13.3. The van der Waals surface area contributed by atoms with E-state index in [1.165, 1.54) is 5.56 Å². The lowest BCUT2D eigenvalue weighted by Crippen LogP contribution is -2.46. The maximum absolute atomic E-state index is 5.65. The molecule has 2 aromatic rings. The molecule has 0 spiro atoms. The van der Waals surface area contributed by atoms with Gasteiger partial charge >= 0.3 is 0 Å². The first-order chi connectivity index (χ1) is 11.3. The molecule has 1 saturated heterocycles. The first-order valence-electron chi connectivity index (χ1n) is 8.12. The highest BCUT2D eigenvalue weighted by Gasteiger charge is 2.22. The Kier molecular flexibility index (Phi) is 3.79. The molecule has 0 amide bonds. The molecule has 4 rings (SSSR count). The molecule has 0 aliphatic carbocycles. The topological polar surface area (TPSA) is 37.8 Å². The molecule has 1 fully saturated rings. The van der Waals surface area contributed by atoms with Gasteiger partial charge in [0.1, 0.15) is 5.82 Å². The molecule has 3 heterocycles. The van der Waals surface area contributed by atoms with Gasteiger partial charge in [0.2, 0.25) is 6.29 Å². The minimum atomic E-state index is -0.179. The van der Waals surface area contributed by atoms with Crippen molar-refractivity contribution in [1.82, 2.24) is 9.88 Å². The first-order valence-corrected chi connectivity index (χ1v) is 8.12. The molecule has 1 atom stereocenters. The van der Waals surface area contributed by atoms with Crippen molar-refractivity contribution in [3.8, 4) is 11.5 Å². The average Bonchev–Trinajstić information content (AvgIpc) is 2.96. The van der Waals surface area contributed by atoms with Gasteiger partial charge in [-0.05, 0) is 29.8 Å². The number of hydrogen-bond donors (Lipinski definition) is 0. The smallest absolute Gasteiger partial charge is 0.238 e. The number of nitrogens with zero attached hydrogens (tertiary/aromatic N) is 3. The van der Waals surface area contributed by atoms with Gasteiger partial charge in [0.05, 0.1) is 0 Å². The van der Waals surface area contributed by atoms with Gasteiger partial charge in [0, 0.05) is 45.8 Å². The Hall–Kier alpha value is -2.27. The van der Waals surface area contributed by atoms with Crippen LogP contribution in [0, 0.1) is 0 Å². The summed E-state index contributed by atoms with van der Waals surface area (Å²) in [7, 11) is 0. The van der Waals surface area contributed by atoms with Crippen molar-refractivity contribution < 1.29 is 9.47 Å². The molecule has 23 heavy (non-hydrogen) atoms. The van der Waals surface area contributed by atoms with Crippen LogP contribution in [0.25, 0.3) is 0 Å². The van der Waals surface area contributed by atoms with Gasteiger partial charge in [-0.15, -0.1) is 0 Å². The second-order valence-corrected chi connectivity index (χ2v) is 6.04. The summed E-state index contributed by atoms with van der Waals surface area (Å²) in [5.41, 5.74) is 1.27. The lowest BCUT2D eigenvalue weighted by molar-refractivity contribution is 0.0678. The van der Waals surface area contributed by atoms with Crippen LogP contribution >= 0.6 is 0 Å². The molecule has 0 bridgehead atoms. The minimum Gasteiger partial charge on any atom is -0.451 e. The third-order valence-corrected chi connectivity index (χ3v) is 4.35. The highest BCUT2D eigenvalue weighted by atomic mass is 16.7. The van der Waals surface area contributed by atoms with Crippen molar-refractivity contribution in [2.24, 2.45) is 0 Å². The second-order valence-electron chi connectivity index (χ2n) is 6.04. The number of aromatic nitrogens is 1. The van der Waals surface area contributed by atoms with E-state index in [0.29, 0.717) is 0 Å². The standard InChI is InChI=1S/C18H21N3O2/c1-14-22-16-6-5-15(12-17(16)23-14)13-20-8-10-21(11-9-20)18-4-2-3-7-19-18/h2-7,12,14H,8-11,13H2,1H3. The molecular formula is C18H21N3O2. The third-order valence-electron chi connectivity index (χ3n) is 4.35. The van der Waals surface area contributed by atoms with Gasteiger partial charge in [-0.3, -0.25) is 4.90 Å². The lowest BCUT2D eigenvalue weighted by Gasteiger charge is -2.35. The van der Waals surface area contributed by atoms with E-state index in [9.17, 15) is 0 Å². The maximum atomic E-state index is 5.65. The summed E-state index contributed by atoms with van der Waals surface area (Å²) in [6.07, 6.45) is 1.68. The van der Waals surface area contributed by atoms with Gasteiger partial charge in [0.25, 0.3) is 0 Å². The van der Waals surface area contributed by atoms with Crippen LogP contribution < -0.4 is 14.4 Å². The monoisotopic (exact) mass is 311 g/mol. The Balaban J connectivity index is 1.36. The highest BCUT2D eigenvalue weighted by Crippen LogP contribution is 2.35. The maximum Gasteiger partial charge on any atom is 0.238 e. The summed E-state index contributed by atoms with van der Waals surface area (Å²) in [6.45, 7) is 6.97. The zero-order chi connectivity index (χ0) is 15.6. The van der Waals surface area contributed by atoms with E-state index in [4.69, 9.17) is 9.47 Å². The molecule has 0 radical (unpaired) electrons. The third kappa shape index (κ3) is 3.10. The van der Waals surface area contributed by atoms with Crippen molar-refractivity contribution in [3.05, 3.63) is 48.2 Å². The number of piperazine rings is 1. The van der Waals surface area contributed by atoms with Gasteiger partial charge < -0.3 is 14.4 Å². The fourth-order valence-electron chi connectivity index (χ4n) is 3.16. The van der Waals surface area contributed by atoms with E-state index in [0.717, 1.165) is 50.0 Å². The molecule has 0 N–H and O–H groups in total. The van der Waals surface area contributed by atoms with Gasteiger partial charge in [0.15, 0.2) is 11.5 Å². The Morgan fingerprint density at radius 3 is 2.65 bits per heavy atom. The molecule has 5 heteroatoms. The Labute approximate surface area is 136 Å². The van der Waals surface area contributed by atoms with Crippen LogP contribution in [0.3, 0.4) is 0 Å². The SMILES string of the molecule is CC1Oc2ccc(CN3CCN(c4ccccn4)CC3)cc2O1.